The van der Waals surface area contributed by atoms with Crippen LogP contribution < -0.4 is 10.9 Å². The van der Waals surface area contributed by atoms with E-state index in [1.807, 2.05) is 11.8 Å². The largest absolute Gasteiger partial charge is 0.455 e. The monoisotopic (exact) mass is 552 g/mol. The van der Waals surface area contributed by atoms with Gasteiger partial charge >= 0.3 is 6.85 Å². The number of para-hydroxylation sites is 4. The van der Waals surface area contributed by atoms with Crippen molar-refractivity contribution in [2.45, 2.75) is 4.90 Å². The molecular formula is C37H21BN2OS. The molecule has 0 saturated heterocycles. The van der Waals surface area contributed by atoms with E-state index in [0.29, 0.717) is 0 Å². The zero-order valence-electron chi connectivity index (χ0n) is 22.7. The highest BCUT2D eigenvalue weighted by Gasteiger charge is 2.43. The Kier molecular flexibility index (Phi) is 3.80. The van der Waals surface area contributed by atoms with Crippen LogP contribution in [0.5, 0.6) is 0 Å². The minimum atomic E-state index is 0.0244. The summed E-state index contributed by atoms with van der Waals surface area (Å²) in [6, 6.07) is 40.3. The summed E-state index contributed by atoms with van der Waals surface area (Å²) in [4.78, 5) is 1.29. The van der Waals surface area contributed by atoms with Crippen LogP contribution in [0.1, 0.15) is 0 Å². The Morgan fingerprint density at radius 3 is 2.24 bits per heavy atom. The first-order chi connectivity index (χ1) is 20.8. The van der Waals surface area contributed by atoms with Crippen molar-refractivity contribution in [3.05, 3.63) is 109 Å². The number of rotatable bonds is 1. The maximum Gasteiger partial charge on any atom is 0.333 e. The van der Waals surface area contributed by atoms with Gasteiger partial charge < -0.3 is 13.5 Å². The van der Waals surface area contributed by atoms with E-state index in [0.717, 1.165) is 16.6 Å². The number of thioether (sulfide) groups is 1. The Morgan fingerprint density at radius 2 is 1.38 bits per heavy atom. The van der Waals surface area contributed by atoms with Gasteiger partial charge in [0.25, 0.3) is 0 Å². The minimum absolute atomic E-state index is 0.0244. The number of hydrogen-bond acceptors (Lipinski definition) is 2. The number of benzene rings is 6. The molecule has 5 heteroatoms. The van der Waals surface area contributed by atoms with E-state index in [1.165, 1.54) is 81.6 Å². The summed E-state index contributed by atoms with van der Waals surface area (Å²) in [5, 5.41) is 7.56. The van der Waals surface area contributed by atoms with Crippen molar-refractivity contribution in [2.75, 3.05) is 6.26 Å². The second-order valence-corrected chi connectivity index (χ2v) is 12.5. The van der Waals surface area contributed by atoms with E-state index >= 15 is 0 Å². The molecule has 0 saturated carbocycles. The van der Waals surface area contributed by atoms with Crippen molar-refractivity contribution in [3.8, 4) is 16.8 Å². The normalized spacial score (nSPS) is 13.4. The van der Waals surface area contributed by atoms with Crippen LogP contribution >= 0.6 is 11.8 Å². The lowest BCUT2D eigenvalue weighted by atomic mass is 9.45. The summed E-state index contributed by atoms with van der Waals surface area (Å²) in [5.74, 6) is 0. The summed E-state index contributed by atoms with van der Waals surface area (Å²) in [7, 11) is 0. The van der Waals surface area contributed by atoms with Gasteiger partial charge in [-0.25, -0.2) is 0 Å². The predicted molar refractivity (Wildman–Crippen MR) is 179 cm³/mol. The number of fused-ring (bicyclic) bond motifs is 14. The Morgan fingerprint density at radius 1 is 0.643 bits per heavy atom. The van der Waals surface area contributed by atoms with Gasteiger partial charge in [-0.3, -0.25) is 0 Å². The molecule has 2 aliphatic heterocycles. The lowest BCUT2D eigenvalue weighted by Crippen LogP contribution is -2.55. The number of nitrogens with zero attached hydrogens (tertiary/aromatic N) is 2. The first-order valence-corrected chi connectivity index (χ1v) is 15.7. The molecule has 9 aromatic rings. The third-order valence-electron chi connectivity index (χ3n) is 9.76. The van der Waals surface area contributed by atoms with Gasteiger partial charge in [-0.05, 0) is 53.6 Å². The first-order valence-electron chi connectivity index (χ1n) is 14.4. The molecule has 0 bridgehead atoms. The average molecular weight is 552 g/mol. The van der Waals surface area contributed by atoms with Crippen molar-refractivity contribution >= 4 is 95.1 Å². The van der Waals surface area contributed by atoms with Gasteiger partial charge in [0.2, 0.25) is 0 Å². The summed E-state index contributed by atoms with van der Waals surface area (Å²) >= 11 is 1.82. The molecule has 0 aliphatic carbocycles. The van der Waals surface area contributed by atoms with Crippen LogP contribution in [0.15, 0.2) is 119 Å². The van der Waals surface area contributed by atoms with Crippen LogP contribution in [0.4, 0.5) is 0 Å². The van der Waals surface area contributed by atoms with Crippen LogP contribution in [0.25, 0.3) is 82.4 Å². The Bertz CT molecular complexity index is 2690. The summed E-state index contributed by atoms with van der Waals surface area (Å²) in [5.41, 5.74) is 13.5. The number of furan rings is 1. The SMILES string of the molecule is CSc1cc2c3c(c1)c1ccccc1n3-c1cc3c(oc4ccccc43)c3c1B2n1c2ccccc2c2cccc-3c21. The molecule has 194 valence electrons. The molecule has 2 aliphatic rings. The molecule has 11 rings (SSSR count). The van der Waals surface area contributed by atoms with Crippen LogP contribution in [0.2, 0.25) is 0 Å². The third kappa shape index (κ3) is 2.34. The quantitative estimate of drug-likeness (QED) is 0.151. The molecule has 42 heavy (non-hydrogen) atoms. The molecule has 0 spiro atoms. The van der Waals surface area contributed by atoms with Gasteiger partial charge in [-0.2, -0.15) is 0 Å². The van der Waals surface area contributed by atoms with E-state index in [2.05, 4.69) is 124 Å². The van der Waals surface area contributed by atoms with Crippen LogP contribution in [0.3, 0.4) is 0 Å². The van der Waals surface area contributed by atoms with Crippen LogP contribution in [-0.4, -0.2) is 22.1 Å². The van der Waals surface area contributed by atoms with E-state index in [-0.39, 0.29) is 6.85 Å². The Balaban J connectivity index is 1.48. The number of aromatic nitrogens is 2. The summed E-state index contributed by atoms with van der Waals surface area (Å²) in [6.07, 6.45) is 2.19. The molecular weight excluding hydrogens is 531 g/mol. The molecule has 0 atom stereocenters. The predicted octanol–water partition coefficient (Wildman–Crippen LogP) is 8.46. The fourth-order valence-corrected chi connectivity index (χ4v) is 8.69. The highest BCUT2D eigenvalue weighted by molar-refractivity contribution is 7.98. The topological polar surface area (TPSA) is 23.0 Å². The molecule has 3 aromatic heterocycles. The number of hydrogen-bond donors (Lipinski definition) is 0. The maximum absolute atomic E-state index is 6.80. The smallest absolute Gasteiger partial charge is 0.333 e. The van der Waals surface area contributed by atoms with Gasteiger partial charge in [-0.1, -0.05) is 72.8 Å². The van der Waals surface area contributed by atoms with Crippen molar-refractivity contribution < 1.29 is 4.42 Å². The van der Waals surface area contributed by atoms with E-state index < -0.39 is 0 Å². The highest BCUT2D eigenvalue weighted by atomic mass is 32.2. The zero-order chi connectivity index (χ0) is 27.3. The van der Waals surface area contributed by atoms with Gasteiger partial charge in [0.05, 0.1) is 11.0 Å². The van der Waals surface area contributed by atoms with E-state index in [1.54, 1.807) is 0 Å². The molecule has 5 heterocycles. The van der Waals surface area contributed by atoms with Gasteiger partial charge in [0, 0.05) is 65.1 Å². The van der Waals surface area contributed by atoms with Gasteiger partial charge in [0.15, 0.2) is 0 Å². The lowest BCUT2D eigenvalue weighted by molar-refractivity contribution is 0.670. The van der Waals surface area contributed by atoms with Gasteiger partial charge in [0.1, 0.15) is 11.2 Å². The van der Waals surface area contributed by atoms with Crippen LogP contribution in [-0.2, 0) is 0 Å². The zero-order valence-corrected chi connectivity index (χ0v) is 23.5. The second-order valence-electron chi connectivity index (χ2n) is 11.6. The van der Waals surface area contributed by atoms with Gasteiger partial charge in [-0.15, -0.1) is 11.8 Å². The third-order valence-corrected chi connectivity index (χ3v) is 10.5. The van der Waals surface area contributed by atoms with Crippen molar-refractivity contribution in [1.82, 2.24) is 9.05 Å². The maximum atomic E-state index is 6.80. The van der Waals surface area contributed by atoms with Crippen molar-refractivity contribution in [2.24, 2.45) is 0 Å². The first kappa shape index (κ1) is 21.8. The van der Waals surface area contributed by atoms with E-state index in [4.69, 9.17) is 4.42 Å². The van der Waals surface area contributed by atoms with Crippen molar-refractivity contribution in [1.29, 1.82) is 0 Å². The highest BCUT2D eigenvalue weighted by Crippen LogP contribution is 2.47. The average Bonchev–Trinajstić information content (AvgIpc) is 3.69. The minimum Gasteiger partial charge on any atom is -0.455 e. The van der Waals surface area contributed by atoms with E-state index in [9.17, 15) is 0 Å². The van der Waals surface area contributed by atoms with Crippen LogP contribution in [0, 0.1) is 0 Å². The van der Waals surface area contributed by atoms with Crippen molar-refractivity contribution in [3.63, 3.8) is 0 Å². The Labute approximate surface area is 245 Å². The molecule has 0 N–H and O–H groups in total. The standard InChI is InChI=1S/C37H21BN2OS/c1-42-20-17-26-22-10-2-5-14-29(22)39-31-19-27-23-11-4-7-16-32(23)41-37(27)33-25-13-8-12-24-21-9-3-6-15-30(21)40(35(24)25)38(34(31)33)28(18-20)36(26)39/h2-19H,1H3. The fourth-order valence-electron chi connectivity index (χ4n) is 8.21. The Hall–Kier alpha value is -4.87. The summed E-state index contributed by atoms with van der Waals surface area (Å²) < 4.78 is 12.0. The molecule has 3 nitrogen and oxygen atoms in total. The molecule has 0 fully saturated rings. The fraction of sp³-hybridized carbons (Fsp3) is 0.0270. The lowest BCUT2D eigenvalue weighted by Gasteiger charge is -2.34. The summed E-state index contributed by atoms with van der Waals surface area (Å²) in [6.45, 7) is 0.0244. The molecule has 0 unspecified atom stereocenters. The molecule has 0 radical (unpaired) electrons. The second kappa shape index (κ2) is 7.31. The molecule has 0 amide bonds. The molecule has 6 aromatic carbocycles.